The number of imidazole rings is 1. The lowest BCUT2D eigenvalue weighted by atomic mass is 10.1. The number of rotatable bonds is 5. The van der Waals surface area contributed by atoms with Gasteiger partial charge in [0.25, 0.3) is 5.91 Å². The molecule has 7 heteroatoms. The number of benzene rings is 2. The maximum atomic E-state index is 12.6. The van der Waals surface area contributed by atoms with Crippen LogP contribution >= 0.6 is 15.9 Å². The van der Waals surface area contributed by atoms with E-state index in [0.717, 1.165) is 23.2 Å². The predicted octanol–water partition coefficient (Wildman–Crippen LogP) is 3.72. The summed E-state index contributed by atoms with van der Waals surface area (Å²) < 4.78 is 0.842. The third-order valence-corrected chi connectivity index (χ3v) is 4.56. The summed E-state index contributed by atoms with van der Waals surface area (Å²) in [5, 5.41) is 2.97. The summed E-state index contributed by atoms with van der Waals surface area (Å²) in [6, 6.07) is 10.9. The summed E-state index contributed by atoms with van der Waals surface area (Å²) in [7, 11) is 0. The fraction of sp³-hybridized carbons (Fsp3) is 0.222. The van der Waals surface area contributed by atoms with Crippen molar-refractivity contribution in [2.45, 2.75) is 13.8 Å². The molecule has 0 bridgehead atoms. The smallest absolute Gasteiger partial charge is 0.323 e. The van der Waals surface area contributed by atoms with E-state index in [-0.39, 0.29) is 11.6 Å². The number of nitrogens with one attached hydrogen (secondary N) is 3. The summed E-state index contributed by atoms with van der Waals surface area (Å²) in [5.41, 5.74) is 3.20. The molecule has 3 N–H and O–H groups in total. The Balaban J connectivity index is 2.04. The van der Waals surface area contributed by atoms with Gasteiger partial charge in [0.05, 0.1) is 22.4 Å². The zero-order chi connectivity index (χ0) is 18.0. The van der Waals surface area contributed by atoms with Crippen molar-refractivity contribution in [3.8, 4) is 0 Å². The molecule has 1 amide bonds. The van der Waals surface area contributed by atoms with Crippen LogP contribution in [0.15, 0.2) is 45.7 Å². The number of fused-ring (bicyclic) bond motifs is 1. The molecule has 0 fully saturated rings. The molecule has 2 aromatic carbocycles. The summed E-state index contributed by atoms with van der Waals surface area (Å²) >= 11 is 3.38. The van der Waals surface area contributed by atoms with Gasteiger partial charge in [-0.15, -0.1) is 0 Å². The number of carbonyl (C=O) groups is 1. The third-order valence-electron chi connectivity index (χ3n) is 4.07. The number of nitrogens with zero attached hydrogens (tertiary/aromatic N) is 1. The van der Waals surface area contributed by atoms with Crippen molar-refractivity contribution in [2.24, 2.45) is 0 Å². The first kappa shape index (κ1) is 17.3. The van der Waals surface area contributed by atoms with E-state index >= 15 is 0 Å². The summed E-state index contributed by atoms with van der Waals surface area (Å²) in [6.45, 7) is 5.67. The van der Waals surface area contributed by atoms with Crippen LogP contribution in [0.25, 0.3) is 11.0 Å². The molecule has 130 valence electrons. The molecular formula is C18H19BrN4O2. The Kier molecular flexibility index (Phi) is 4.94. The van der Waals surface area contributed by atoms with E-state index in [9.17, 15) is 9.59 Å². The topological polar surface area (TPSA) is 81.0 Å². The lowest BCUT2D eigenvalue weighted by Gasteiger charge is -2.24. The Morgan fingerprint density at radius 3 is 2.44 bits per heavy atom. The van der Waals surface area contributed by atoms with E-state index in [1.165, 1.54) is 0 Å². The van der Waals surface area contributed by atoms with Crippen molar-refractivity contribution < 1.29 is 4.79 Å². The van der Waals surface area contributed by atoms with Gasteiger partial charge in [0.15, 0.2) is 0 Å². The van der Waals surface area contributed by atoms with Crippen LogP contribution in [0.3, 0.4) is 0 Å². The summed E-state index contributed by atoms with van der Waals surface area (Å²) in [5.74, 6) is -0.202. The first-order chi connectivity index (χ1) is 12.0. The van der Waals surface area contributed by atoms with Gasteiger partial charge in [0, 0.05) is 23.1 Å². The zero-order valence-electron chi connectivity index (χ0n) is 14.0. The van der Waals surface area contributed by atoms with E-state index in [1.807, 2.05) is 32.0 Å². The van der Waals surface area contributed by atoms with E-state index in [4.69, 9.17) is 0 Å². The zero-order valence-corrected chi connectivity index (χ0v) is 15.6. The molecule has 0 unspecified atom stereocenters. The monoisotopic (exact) mass is 402 g/mol. The number of H-pyrrole nitrogens is 2. The third kappa shape index (κ3) is 3.61. The average Bonchev–Trinajstić information content (AvgIpc) is 2.95. The van der Waals surface area contributed by atoms with Crippen LogP contribution < -0.4 is 15.9 Å². The number of amides is 1. The van der Waals surface area contributed by atoms with Crippen molar-refractivity contribution in [3.63, 3.8) is 0 Å². The maximum Gasteiger partial charge on any atom is 0.323 e. The molecule has 0 saturated heterocycles. The minimum absolute atomic E-state index is 0.202. The van der Waals surface area contributed by atoms with Crippen molar-refractivity contribution in [1.82, 2.24) is 9.97 Å². The molecular weight excluding hydrogens is 384 g/mol. The lowest BCUT2D eigenvalue weighted by molar-refractivity contribution is 0.102. The van der Waals surface area contributed by atoms with E-state index < -0.39 is 0 Å². The van der Waals surface area contributed by atoms with Crippen LogP contribution in [0.4, 0.5) is 11.4 Å². The van der Waals surface area contributed by atoms with Crippen LogP contribution in [-0.4, -0.2) is 29.0 Å². The van der Waals surface area contributed by atoms with E-state index in [2.05, 4.69) is 36.1 Å². The molecule has 0 aliphatic heterocycles. The molecule has 3 rings (SSSR count). The summed E-state index contributed by atoms with van der Waals surface area (Å²) in [4.78, 5) is 31.8. The molecule has 0 saturated carbocycles. The van der Waals surface area contributed by atoms with Gasteiger partial charge in [-0.3, -0.25) is 4.79 Å². The number of aromatic nitrogens is 2. The van der Waals surface area contributed by atoms with Gasteiger partial charge in [-0.25, -0.2) is 4.79 Å². The van der Waals surface area contributed by atoms with Crippen molar-refractivity contribution >= 4 is 44.2 Å². The Labute approximate surface area is 153 Å². The van der Waals surface area contributed by atoms with Gasteiger partial charge in [0.1, 0.15) is 0 Å². The number of hydrogen-bond donors (Lipinski definition) is 3. The highest BCUT2D eigenvalue weighted by Gasteiger charge is 2.15. The number of hydrogen-bond acceptors (Lipinski definition) is 3. The van der Waals surface area contributed by atoms with Crippen LogP contribution in [0.2, 0.25) is 0 Å². The predicted molar refractivity (Wildman–Crippen MR) is 105 cm³/mol. The molecule has 0 atom stereocenters. The van der Waals surface area contributed by atoms with E-state index in [1.54, 1.807) is 18.2 Å². The van der Waals surface area contributed by atoms with Gasteiger partial charge in [-0.05, 0) is 44.2 Å². The molecule has 0 aliphatic rings. The van der Waals surface area contributed by atoms with Gasteiger partial charge in [-0.1, -0.05) is 22.0 Å². The van der Waals surface area contributed by atoms with Gasteiger partial charge in [0.2, 0.25) is 0 Å². The molecule has 6 nitrogen and oxygen atoms in total. The van der Waals surface area contributed by atoms with Crippen LogP contribution in [0, 0.1) is 0 Å². The molecule has 1 heterocycles. The van der Waals surface area contributed by atoms with E-state index in [0.29, 0.717) is 22.3 Å². The quantitative estimate of drug-likeness (QED) is 0.608. The first-order valence-corrected chi connectivity index (χ1v) is 8.89. The highest BCUT2D eigenvalue weighted by atomic mass is 79.9. The minimum Gasteiger partial charge on any atom is -0.370 e. The van der Waals surface area contributed by atoms with Gasteiger partial charge in [-0.2, -0.15) is 0 Å². The SMILES string of the molecule is CCN(CC)c1cc2[nH]c(=O)[nH]c2cc1NC(=O)c1cccc(Br)c1. The summed E-state index contributed by atoms with van der Waals surface area (Å²) in [6.07, 6.45) is 0. The van der Waals surface area contributed by atoms with Crippen molar-refractivity contribution in [2.75, 3.05) is 23.3 Å². The van der Waals surface area contributed by atoms with Crippen molar-refractivity contribution in [1.29, 1.82) is 0 Å². The van der Waals surface area contributed by atoms with Gasteiger partial charge >= 0.3 is 5.69 Å². The second-order valence-corrected chi connectivity index (χ2v) is 6.55. The molecule has 0 spiro atoms. The largest absolute Gasteiger partial charge is 0.370 e. The number of carbonyl (C=O) groups excluding carboxylic acids is 1. The fourth-order valence-electron chi connectivity index (χ4n) is 2.82. The second kappa shape index (κ2) is 7.14. The molecule has 25 heavy (non-hydrogen) atoms. The highest BCUT2D eigenvalue weighted by Crippen LogP contribution is 2.30. The first-order valence-electron chi connectivity index (χ1n) is 8.09. The van der Waals surface area contributed by atoms with Crippen molar-refractivity contribution in [3.05, 3.63) is 56.9 Å². The van der Waals surface area contributed by atoms with Crippen LogP contribution in [0.1, 0.15) is 24.2 Å². The number of aromatic amines is 2. The van der Waals surface area contributed by atoms with Crippen LogP contribution in [0.5, 0.6) is 0 Å². The minimum atomic E-state index is -0.268. The number of halogens is 1. The Morgan fingerprint density at radius 2 is 1.80 bits per heavy atom. The molecule has 0 aliphatic carbocycles. The second-order valence-electron chi connectivity index (χ2n) is 5.63. The normalized spacial score (nSPS) is 10.8. The Bertz CT molecular complexity index is 973. The molecule has 3 aromatic rings. The highest BCUT2D eigenvalue weighted by molar-refractivity contribution is 9.10. The van der Waals surface area contributed by atoms with Crippen LogP contribution in [-0.2, 0) is 0 Å². The Morgan fingerprint density at radius 1 is 1.12 bits per heavy atom. The van der Waals surface area contributed by atoms with Gasteiger partial charge < -0.3 is 20.2 Å². The Hall–Kier alpha value is -2.54. The fourth-order valence-corrected chi connectivity index (χ4v) is 3.22. The number of anilines is 2. The standard InChI is InChI=1S/C18H19BrN4O2/c1-3-23(4-2)16-10-14-13(21-18(25)22-14)9-15(16)20-17(24)11-6-5-7-12(19)8-11/h5-10H,3-4H2,1-2H3,(H,20,24)(H2,21,22,25). The average molecular weight is 403 g/mol. The lowest BCUT2D eigenvalue weighted by Crippen LogP contribution is -2.24. The maximum absolute atomic E-state index is 12.6. The molecule has 0 radical (unpaired) electrons. The molecule has 1 aromatic heterocycles.